The van der Waals surface area contributed by atoms with Gasteiger partial charge in [0.1, 0.15) is 9.55 Å². The van der Waals surface area contributed by atoms with Crippen molar-refractivity contribution < 1.29 is 15.3 Å². The molecule has 0 spiro atoms. The number of hydrogen-bond donors (Lipinski definition) is 3. The van der Waals surface area contributed by atoms with Gasteiger partial charge in [-0.3, -0.25) is 0 Å². The molecule has 0 aliphatic rings. The van der Waals surface area contributed by atoms with E-state index in [0.717, 1.165) is 28.8 Å². The zero-order valence-electron chi connectivity index (χ0n) is 9.96. The Kier molecular flexibility index (Phi) is 86.0. The first-order chi connectivity index (χ1) is 6.74. The van der Waals surface area contributed by atoms with Crippen LogP contribution in [0.2, 0.25) is 0 Å². The Hall–Kier alpha value is 0.387. The molecule has 0 rings (SSSR count). The third-order valence-electron chi connectivity index (χ3n) is 0.671. The Labute approximate surface area is 96.2 Å². The number of aliphatic hydroxyl groups is 3. The fourth-order valence-corrected chi connectivity index (χ4v) is 0. The Morgan fingerprint density at radius 3 is 0.786 bits per heavy atom. The molecule has 0 amide bonds. The van der Waals surface area contributed by atoms with E-state index in [2.05, 4.69) is 0 Å². The molecule has 0 atom stereocenters. The van der Waals surface area contributed by atoms with Gasteiger partial charge in [-0.15, -0.1) is 0 Å². The minimum Gasteiger partial charge on any atom is -0.396 e. The van der Waals surface area contributed by atoms with Gasteiger partial charge in [0.2, 0.25) is 0 Å². The molecule has 0 fully saturated rings. The maximum atomic E-state index is 7.88. The third-order valence-corrected chi connectivity index (χ3v) is 0.671. The molecule has 0 saturated heterocycles. The number of hydrogen-bond acceptors (Lipinski definition) is 3. The topological polar surface area (TPSA) is 60.7 Å². The quantitative estimate of drug-likeness (QED) is 0.507. The third kappa shape index (κ3) is 140. The first-order valence-corrected chi connectivity index (χ1v) is 7.97. The van der Waals surface area contributed by atoms with E-state index in [0.29, 0.717) is 19.8 Å². The second kappa shape index (κ2) is 50.4. The first-order valence-electron chi connectivity index (χ1n) is 4.95. The summed E-state index contributed by atoms with van der Waals surface area (Å²) in [4.78, 5) is 0. The summed E-state index contributed by atoms with van der Waals surface area (Å²) in [5, 5.41) is 23.6. The molecule has 0 aromatic rings. The molecule has 0 saturated carbocycles. The monoisotopic (exact) mass is 246 g/mol. The highest BCUT2D eigenvalue weighted by Crippen LogP contribution is 1.62. The maximum Gasteiger partial charge on any atom is 0.109 e. The van der Waals surface area contributed by atoms with Gasteiger partial charge in [-0.25, -0.2) is 0 Å². The minimum absolute atomic E-state index is 0.319. The second-order valence-corrected chi connectivity index (χ2v) is 2.17. The molecule has 3 N–H and O–H groups in total. The van der Waals surface area contributed by atoms with Crippen molar-refractivity contribution in [2.75, 3.05) is 19.8 Å². The van der Waals surface area contributed by atoms with Crippen LogP contribution in [0.5, 0.6) is 0 Å². The lowest BCUT2D eigenvalue weighted by Crippen LogP contribution is -1.69. The zero-order chi connectivity index (χ0) is 12.2. The average molecular weight is 247 g/mol. The summed E-state index contributed by atoms with van der Waals surface area (Å²) in [6.07, 6.45) is 2.62. The molecule has 0 bridgehead atoms. The highest BCUT2D eigenvalue weighted by Gasteiger charge is 1.58. The fourth-order valence-electron chi connectivity index (χ4n) is 0. The summed E-state index contributed by atoms with van der Waals surface area (Å²) in [7, 11) is 0.778. The Morgan fingerprint density at radius 1 is 0.714 bits per heavy atom. The van der Waals surface area contributed by atoms with Crippen molar-refractivity contribution in [1.82, 2.24) is 0 Å². The lowest BCUT2D eigenvalue weighted by molar-refractivity contribution is 0.294. The van der Waals surface area contributed by atoms with Crippen LogP contribution < -0.4 is 0 Å². The smallest absolute Gasteiger partial charge is 0.109 e. The van der Waals surface area contributed by atoms with Gasteiger partial charge in [0.25, 0.3) is 0 Å². The lowest BCUT2D eigenvalue weighted by atomic mass is 10.5. The van der Waals surface area contributed by atoms with Crippen LogP contribution >= 0.6 is 11.1 Å². The molecule has 0 heterocycles. The van der Waals surface area contributed by atoms with E-state index in [1.807, 2.05) is 20.8 Å². The molecule has 3 nitrogen and oxygen atoms in total. The molecule has 0 aliphatic carbocycles. The summed E-state index contributed by atoms with van der Waals surface area (Å²) in [5.41, 5.74) is 0. The largest absolute Gasteiger partial charge is 0.396 e. The molecule has 0 aromatic heterocycles. The second-order valence-electron chi connectivity index (χ2n) is 2.17. The van der Waals surface area contributed by atoms with Crippen LogP contribution in [-0.2, 0) is 0 Å². The van der Waals surface area contributed by atoms with Crippen molar-refractivity contribution in [3.8, 4) is 0 Å². The summed E-state index contributed by atoms with van der Waals surface area (Å²) in [6.45, 7) is 6.75. The van der Waals surface area contributed by atoms with Gasteiger partial charge in [-0.1, -0.05) is 20.8 Å². The van der Waals surface area contributed by atoms with E-state index in [-0.39, 0.29) is 0 Å². The molecule has 92 valence electrons. The molecule has 0 unspecified atom stereocenters. The van der Waals surface area contributed by atoms with E-state index in [4.69, 9.17) is 26.4 Å². The standard InChI is InChI=1S/3C3H8O.ClH3Si/c3*1-2-3-4;1-2/h3*4H,2-3H2,1H3;2H3. The highest BCUT2D eigenvalue weighted by molar-refractivity contribution is 6.80. The van der Waals surface area contributed by atoms with Crippen LogP contribution in [0.25, 0.3) is 0 Å². The van der Waals surface area contributed by atoms with Gasteiger partial charge in [-0.2, -0.15) is 11.1 Å². The average Bonchev–Trinajstić information content (AvgIpc) is 2.31. The molecule has 0 aromatic carbocycles. The van der Waals surface area contributed by atoms with Crippen molar-refractivity contribution >= 4 is 20.6 Å². The Balaban J connectivity index is -0.0000000492. The summed E-state index contributed by atoms with van der Waals surface area (Å²) in [5.74, 6) is 0. The number of aliphatic hydroxyl groups excluding tert-OH is 3. The first kappa shape index (κ1) is 23.9. The zero-order valence-corrected chi connectivity index (χ0v) is 12.7. The van der Waals surface area contributed by atoms with Crippen molar-refractivity contribution in [2.24, 2.45) is 0 Å². The minimum atomic E-state index is 0.319. The van der Waals surface area contributed by atoms with Crippen LogP contribution in [0.3, 0.4) is 0 Å². The lowest BCUT2D eigenvalue weighted by Gasteiger charge is -1.69. The highest BCUT2D eigenvalue weighted by atomic mass is 35.6. The van der Waals surface area contributed by atoms with Crippen molar-refractivity contribution in [2.45, 2.75) is 40.0 Å². The normalized spacial score (nSPS) is 7.07. The van der Waals surface area contributed by atoms with Crippen LogP contribution in [0, 0.1) is 0 Å². The number of halogens is 1. The van der Waals surface area contributed by atoms with Crippen LogP contribution in [0.15, 0.2) is 0 Å². The molecular weight excluding hydrogens is 220 g/mol. The Bertz CT molecular complexity index is 35.5. The van der Waals surface area contributed by atoms with Crippen LogP contribution in [-0.4, -0.2) is 44.7 Å². The van der Waals surface area contributed by atoms with Gasteiger partial charge < -0.3 is 15.3 Å². The van der Waals surface area contributed by atoms with Crippen molar-refractivity contribution in [3.05, 3.63) is 0 Å². The van der Waals surface area contributed by atoms with Gasteiger partial charge in [-0.05, 0) is 19.3 Å². The summed E-state index contributed by atoms with van der Waals surface area (Å²) < 4.78 is 0. The fraction of sp³-hybridized carbons (Fsp3) is 1.00. The van der Waals surface area contributed by atoms with Crippen molar-refractivity contribution in [1.29, 1.82) is 0 Å². The molecule has 5 heteroatoms. The molecular formula is C9H27ClO3Si. The predicted octanol–water partition coefficient (Wildman–Crippen LogP) is 0.672. The van der Waals surface area contributed by atoms with Gasteiger partial charge in [0.05, 0.1) is 0 Å². The Morgan fingerprint density at radius 2 is 0.786 bits per heavy atom. The van der Waals surface area contributed by atoms with E-state index < -0.39 is 0 Å². The van der Waals surface area contributed by atoms with E-state index in [9.17, 15) is 0 Å². The van der Waals surface area contributed by atoms with Crippen LogP contribution in [0.4, 0.5) is 0 Å². The predicted molar refractivity (Wildman–Crippen MR) is 67.9 cm³/mol. The summed E-state index contributed by atoms with van der Waals surface area (Å²) in [6, 6.07) is 0. The van der Waals surface area contributed by atoms with E-state index in [1.54, 1.807) is 0 Å². The van der Waals surface area contributed by atoms with E-state index in [1.165, 1.54) is 0 Å². The van der Waals surface area contributed by atoms with Crippen LogP contribution in [0.1, 0.15) is 40.0 Å². The summed E-state index contributed by atoms with van der Waals surface area (Å²) >= 11 is 4.78. The number of rotatable bonds is 3. The van der Waals surface area contributed by atoms with E-state index >= 15 is 0 Å². The molecule has 14 heavy (non-hydrogen) atoms. The van der Waals surface area contributed by atoms with Crippen molar-refractivity contribution in [3.63, 3.8) is 0 Å². The van der Waals surface area contributed by atoms with Gasteiger partial charge in [0, 0.05) is 19.8 Å². The molecule has 0 radical (unpaired) electrons. The maximum absolute atomic E-state index is 7.88. The van der Waals surface area contributed by atoms with Gasteiger partial charge >= 0.3 is 0 Å². The van der Waals surface area contributed by atoms with Gasteiger partial charge in [0.15, 0.2) is 0 Å². The molecule has 0 aliphatic heterocycles. The SMILES string of the molecule is CCCO.CCCO.CCCO.[SiH3]Cl.